The number of carbonyl (C=O) groups is 2. The van der Waals surface area contributed by atoms with Crippen LogP contribution in [0.15, 0.2) is 48.9 Å². The predicted molar refractivity (Wildman–Crippen MR) is 128 cm³/mol. The van der Waals surface area contributed by atoms with Crippen molar-refractivity contribution in [1.29, 1.82) is 0 Å². The average molecular weight is 498 g/mol. The van der Waals surface area contributed by atoms with Crippen molar-refractivity contribution >= 4 is 17.3 Å². The average Bonchev–Trinajstić information content (AvgIpc) is 3.24. The van der Waals surface area contributed by atoms with Gasteiger partial charge in [0.2, 0.25) is 0 Å². The highest BCUT2D eigenvalue weighted by molar-refractivity contribution is 5.98. The molecule has 0 aliphatic heterocycles. The van der Waals surface area contributed by atoms with Crippen molar-refractivity contribution in [3.8, 4) is 5.82 Å². The van der Waals surface area contributed by atoms with Crippen LogP contribution in [0.2, 0.25) is 0 Å². The largest absolute Gasteiger partial charge is 0.471 e. The summed E-state index contributed by atoms with van der Waals surface area (Å²) in [5.74, 6) is -1.28. The summed E-state index contributed by atoms with van der Waals surface area (Å²) in [5.41, 5.74) is 4.55. The molecule has 7 nitrogen and oxygen atoms in total. The number of ketones is 1. The third kappa shape index (κ3) is 5.22. The Labute approximate surface area is 206 Å². The normalized spacial score (nSPS) is 15.9. The number of hydrogen-bond acceptors (Lipinski definition) is 5. The SMILES string of the molecule is Cc1cc(CC(=O)c2cnn(-c3ccccn3)c2C)cnc1C1=CCC(N(C)C(=O)C(F)(F)F)CC1. The van der Waals surface area contributed by atoms with Crippen molar-refractivity contribution in [3.63, 3.8) is 0 Å². The third-order valence-electron chi connectivity index (χ3n) is 6.47. The molecule has 0 fully saturated rings. The van der Waals surface area contributed by atoms with E-state index in [1.165, 1.54) is 7.05 Å². The van der Waals surface area contributed by atoms with E-state index in [9.17, 15) is 22.8 Å². The number of nitrogens with zero attached hydrogens (tertiary/aromatic N) is 5. The fourth-order valence-corrected chi connectivity index (χ4v) is 4.49. The van der Waals surface area contributed by atoms with E-state index in [2.05, 4.69) is 15.1 Å². The Bertz CT molecular complexity index is 1310. The van der Waals surface area contributed by atoms with E-state index in [1.54, 1.807) is 23.3 Å². The highest BCUT2D eigenvalue weighted by atomic mass is 19.4. The van der Waals surface area contributed by atoms with Gasteiger partial charge in [-0.25, -0.2) is 9.67 Å². The number of rotatable bonds is 6. The molecule has 1 aliphatic rings. The van der Waals surface area contributed by atoms with Crippen molar-refractivity contribution in [2.24, 2.45) is 0 Å². The van der Waals surface area contributed by atoms with Gasteiger partial charge in [-0.05, 0) is 61.9 Å². The molecule has 1 aliphatic carbocycles. The smallest absolute Gasteiger partial charge is 0.335 e. The minimum absolute atomic E-state index is 0.0827. The summed E-state index contributed by atoms with van der Waals surface area (Å²) in [4.78, 5) is 34.1. The number of halogens is 3. The van der Waals surface area contributed by atoms with Crippen molar-refractivity contribution in [2.75, 3.05) is 7.05 Å². The number of alkyl halides is 3. The minimum atomic E-state index is -4.88. The summed E-state index contributed by atoms with van der Waals surface area (Å²) in [7, 11) is 1.19. The molecule has 3 heterocycles. The molecule has 3 aromatic heterocycles. The summed E-state index contributed by atoms with van der Waals surface area (Å²) < 4.78 is 39.8. The summed E-state index contributed by atoms with van der Waals surface area (Å²) >= 11 is 0. The molecule has 0 spiro atoms. The lowest BCUT2D eigenvalue weighted by Gasteiger charge is -2.31. The molecule has 10 heteroatoms. The molecule has 188 valence electrons. The van der Waals surface area contributed by atoms with Crippen molar-refractivity contribution < 1.29 is 22.8 Å². The van der Waals surface area contributed by atoms with Crippen LogP contribution in [0.3, 0.4) is 0 Å². The highest BCUT2D eigenvalue weighted by Crippen LogP contribution is 2.31. The Morgan fingerprint density at radius 2 is 1.94 bits per heavy atom. The van der Waals surface area contributed by atoms with E-state index in [-0.39, 0.29) is 12.2 Å². The number of amides is 1. The van der Waals surface area contributed by atoms with E-state index in [0.29, 0.717) is 36.3 Å². The van der Waals surface area contributed by atoms with Crippen LogP contribution in [0.25, 0.3) is 11.4 Å². The van der Waals surface area contributed by atoms with Gasteiger partial charge in [0.25, 0.3) is 0 Å². The summed E-state index contributed by atoms with van der Waals surface area (Å²) in [6.07, 6.45) is 3.27. The Balaban J connectivity index is 1.44. The number of allylic oxidation sites excluding steroid dienone is 1. The molecule has 0 saturated heterocycles. The fourth-order valence-electron chi connectivity index (χ4n) is 4.49. The van der Waals surface area contributed by atoms with Gasteiger partial charge in [0.15, 0.2) is 11.6 Å². The first-order valence-electron chi connectivity index (χ1n) is 11.5. The topological polar surface area (TPSA) is 81.0 Å². The molecule has 0 radical (unpaired) electrons. The predicted octanol–water partition coefficient (Wildman–Crippen LogP) is 4.66. The first kappa shape index (κ1) is 25.3. The van der Waals surface area contributed by atoms with Crippen LogP contribution in [0, 0.1) is 13.8 Å². The molecule has 36 heavy (non-hydrogen) atoms. The van der Waals surface area contributed by atoms with Crippen LogP contribution in [-0.4, -0.2) is 55.6 Å². The van der Waals surface area contributed by atoms with Crippen LogP contribution >= 0.6 is 0 Å². The maximum atomic E-state index is 13.0. The molecule has 1 unspecified atom stereocenters. The monoisotopic (exact) mass is 497 g/mol. The van der Waals surface area contributed by atoms with E-state index in [0.717, 1.165) is 27.3 Å². The minimum Gasteiger partial charge on any atom is -0.335 e. The molecule has 0 bridgehead atoms. The zero-order valence-corrected chi connectivity index (χ0v) is 20.2. The van der Waals surface area contributed by atoms with Gasteiger partial charge < -0.3 is 4.90 Å². The second-order valence-corrected chi connectivity index (χ2v) is 8.92. The van der Waals surface area contributed by atoms with E-state index in [1.807, 2.05) is 44.2 Å². The fraction of sp³-hybridized carbons (Fsp3) is 0.346. The molecule has 1 amide bonds. The maximum Gasteiger partial charge on any atom is 0.471 e. The van der Waals surface area contributed by atoms with Gasteiger partial charge in [-0.2, -0.15) is 18.3 Å². The summed E-state index contributed by atoms with van der Waals surface area (Å²) in [6, 6.07) is 6.88. The number of aromatic nitrogens is 4. The first-order valence-corrected chi connectivity index (χ1v) is 11.5. The molecule has 0 aromatic carbocycles. The molecule has 0 saturated carbocycles. The Hall–Kier alpha value is -3.82. The lowest BCUT2D eigenvalue weighted by molar-refractivity contribution is -0.186. The molecular weight excluding hydrogens is 471 g/mol. The quantitative estimate of drug-likeness (QED) is 0.463. The van der Waals surface area contributed by atoms with Crippen molar-refractivity contribution in [3.05, 3.63) is 77.0 Å². The van der Waals surface area contributed by atoms with Crippen LogP contribution in [0.5, 0.6) is 0 Å². The lowest BCUT2D eigenvalue weighted by Crippen LogP contribution is -2.45. The van der Waals surface area contributed by atoms with Crippen molar-refractivity contribution in [1.82, 2.24) is 24.6 Å². The van der Waals surface area contributed by atoms with Crippen molar-refractivity contribution in [2.45, 2.75) is 51.7 Å². The lowest BCUT2D eigenvalue weighted by atomic mass is 9.90. The highest BCUT2D eigenvalue weighted by Gasteiger charge is 2.43. The number of aryl methyl sites for hydroxylation is 1. The third-order valence-corrected chi connectivity index (χ3v) is 6.47. The number of Topliss-reactive ketones (excluding diaryl/α,β-unsaturated/α-hetero) is 1. The Morgan fingerprint density at radius 3 is 2.56 bits per heavy atom. The standard InChI is InChI=1S/C26H26F3N5O2/c1-16-12-18(13-22(35)21-15-32-34(17(21)2)23-6-4-5-11-30-23)14-31-24(16)19-7-9-20(10-8-19)33(3)25(36)26(27,28)29/h4-7,11-12,14-15,20H,8-10,13H2,1-3H3. The zero-order valence-electron chi connectivity index (χ0n) is 20.2. The van der Waals surface area contributed by atoms with Gasteiger partial charge >= 0.3 is 12.1 Å². The van der Waals surface area contributed by atoms with Gasteiger partial charge in [0.1, 0.15) is 0 Å². The van der Waals surface area contributed by atoms with E-state index in [4.69, 9.17) is 0 Å². The molecule has 3 aromatic rings. The molecular formula is C26H26F3N5O2. The second-order valence-electron chi connectivity index (χ2n) is 8.92. The van der Waals surface area contributed by atoms with E-state index >= 15 is 0 Å². The number of carbonyl (C=O) groups excluding carboxylic acids is 2. The van der Waals surface area contributed by atoms with Crippen LogP contribution in [0.1, 0.15) is 52.1 Å². The van der Waals surface area contributed by atoms with Gasteiger partial charge in [-0.15, -0.1) is 0 Å². The number of pyridine rings is 2. The van der Waals surface area contributed by atoms with Gasteiger partial charge in [0.05, 0.1) is 23.1 Å². The molecule has 1 atom stereocenters. The maximum absolute atomic E-state index is 13.0. The van der Waals surface area contributed by atoms with Gasteiger partial charge in [0, 0.05) is 31.9 Å². The second kappa shape index (κ2) is 10.0. The van der Waals surface area contributed by atoms with Gasteiger partial charge in [-0.1, -0.05) is 18.2 Å². The molecule has 4 rings (SSSR count). The summed E-state index contributed by atoms with van der Waals surface area (Å²) in [5, 5.41) is 4.31. The Kier molecular flexibility index (Phi) is 7.05. The van der Waals surface area contributed by atoms with Crippen LogP contribution in [-0.2, 0) is 11.2 Å². The van der Waals surface area contributed by atoms with Gasteiger partial charge in [-0.3, -0.25) is 14.6 Å². The van der Waals surface area contributed by atoms with Crippen LogP contribution < -0.4 is 0 Å². The number of hydrogen-bond donors (Lipinski definition) is 0. The first-order chi connectivity index (χ1) is 17.1. The van der Waals surface area contributed by atoms with Crippen LogP contribution in [0.4, 0.5) is 13.2 Å². The Morgan fingerprint density at radius 1 is 1.17 bits per heavy atom. The summed E-state index contributed by atoms with van der Waals surface area (Å²) in [6.45, 7) is 3.72. The zero-order chi connectivity index (χ0) is 26.0. The molecule has 0 N–H and O–H groups in total. The van der Waals surface area contributed by atoms with E-state index < -0.39 is 18.1 Å².